The van der Waals surface area contributed by atoms with Gasteiger partial charge in [-0.05, 0) is 42.3 Å². The van der Waals surface area contributed by atoms with Crippen molar-refractivity contribution in [2.75, 3.05) is 32.8 Å². The van der Waals surface area contributed by atoms with Crippen LogP contribution in [0.5, 0.6) is 0 Å². The SMILES string of the molecule is CCCN(OCc1ccc([N+](=O)[O-])cc1)C(=O)C1=Cc2ccc(C(=O)N3CCOC(CO)C3)cc2N=C(N)C1. The van der Waals surface area contributed by atoms with Crippen molar-refractivity contribution in [2.45, 2.75) is 32.5 Å². The number of amides is 2. The molecule has 1 atom stereocenters. The first-order chi connectivity index (χ1) is 18.8. The van der Waals surface area contributed by atoms with E-state index in [-0.39, 0.29) is 43.0 Å². The van der Waals surface area contributed by atoms with Crippen molar-refractivity contribution in [3.63, 3.8) is 0 Å². The zero-order chi connectivity index (χ0) is 27.9. The van der Waals surface area contributed by atoms with Gasteiger partial charge in [-0.3, -0.25) is 24.5 Å². The second kappa shape index (κ2) is 12.6. The Kier molecular flexibility index (Phi) is 9.02. The molecular formula is C27H31N5O7. The number of nitrogens with two attached hydrogens (primary N) is 1. The van der Waals surface area contributed by atoms with E-state index in [0.717, 1.165) is 0 Å². The van der Waals surface area contributed by atoms with Crippen LogP contribution in [0.1, 0.15) is 41.3 Å². The molecule has 2 amide bonds. The summed E-state index contributed by atoms with van der Waals surface area (Å²) >= 11 is 0. The van der Waals surface area contributed by atoms with Gasteiger partial charge in [0.15, 0.2) is 0 Å². The summed E-state index contributed by atoms with van der Waals surface area (Å²) in [5.41, 5.74) is 8.73. The Morgan fingerprint density at radius 2 is 2.05 bits per heavy atom. The number of carbonyl (C=O) groups is 2. The molecule has 2 heterocycles. The molecule has 1 unspecified atom stereocenters. The van der Waals surface area contributed by atoms with E-state index in [1.54, 1.807) is 41.3 Å². The number of nitro groups is 1. The van der Waals surface area contributed by atoms with Crippen molar-refractivity contribution in [3.05, 3.63) is 74.8 Å². The fraction of sp³-hybridized carbons (Fsp3) is 0.370. The lowest BCUT2D eigenvalue weighted by Gasteiger charge is -2.32. The van der Waals surface area contributed by atoms with Gasteiger partial charge < -0.3 is 20.5 Å². The number of morpholine rings is 1. The summed E-state index contributed by atoms with van der Waals surface area (Å²) < 4.78 is 5.43. The molecular weight excluding hydrogens is 506 g/mol. The molecule has 2 aromatic carbocycles. The standard InChI is InChI=1S/C27H31N5O7/c1-2-9-31(39-17-18-3-7-22(8-4-18)32(36)37)27(35)21-12-19-5-6-20(13-24(19)29-25(28)14-21)26(34)30-10-11-38-23(15-30)16-33/h3-8,12-13,23,33H,2,9-11,14-17H2,1H3,(H2,28,29). The van der Waals surface area contributed by atoms with E-state index in [1.165, 1.54) is 17.2 Å². The van der Waals surface area contributed by atoms with Gasteiger partial charge >= 0.3 is 0 Å². The van der Waals surface area contributed by atoms with E-state index in [9.17, 15) is 24.8 Å². The van der Waals surface area contributed by atoms with Crippen LogP contribution in [0, 0.1) is 10.1 Å². The van der Waals surface area contributed by atoms with E-state index in [1.807, 2.05) is 6.92 Å². The fourth-order valence-corrected chi connectivity index (χ4v) is 4.31. The number of carbonyl (C=O) groups excluding carboxylic acids is 2. The monoisotopic (exact) mass is 537 g/mol. The van der Waals surface area contributed by atoms with Crippen LogP contribution >= 0.6 is 0 Å². The molecule has 0 bridgehead atoms. The zero-order valence-electron chi connectivity index (χ0n) is 21.6. The van der Waals surface area contributed by atoms with Gasteiger partial charge in [-0.25, -0.2) is 10.1 Å². The number of nitro benzene ring substituents is 1. The molecule has 0 radical (unpaired) electrons. The van der Waals surface area contributed by atoms with E-state index < -0.39 is 11.0 Å². The van der Waals surface area contributed by atoms with E-state index in [4.69, 9.17) is 15.3 Å². The maximum absolute atomic E-state index is 13.4. The van der Waals surface area contributed by atoms with E-state index in [2.05, 4.69) is 4.99 Å². The van der Waals surface area contributed by atoms with Crippen molar-refractivity contribution < 1.29 is 29.2 Å². The van der Waals surface area contributed by atoms with Crippen LogP contribution in [0.15, 0.2) is 53.0 Å². The van der Waals surface area contributed by atoms with Gasteiger partial charge in [0.2, 0.25) is 0 Å². The minimum Gasteiger partial charge on any atom is -0.394 e. The fourth-order valence-electron chi connectivity index (χ4n) is 4.31. The number of nitrogens with zero attached hydrogens (tertiary/aromatic N) is 4. The lowest BCUT2D eigenvalue weighted by atomic mass is 10.0. The topological polar surface area (TPSA) is 161 Å². The Labute approximate surface area is 225 Å². The molecule has 39 heavy (non-hydrogen) atoms. The van der Waals surface area contributed by atoms with Crippen LogP contribution in [-0.4, -0.2) is 76.6 Å². The van der Waals surface area contributed by atoms with Gasteiger partial charge in [-0.2, -0.15) is 0 Å². The summed E-state index contributed by atoms with van der Waals surface area (Å²) in [5, 5.41) is 21.5. The number of hydroxylamine groups is 2. The first-order valence-electron chi connectivity index (χ1n) is 12.7. The Bertz CT molecular complexity index is 1290. The normalized spacial score (nSPS) is 17.0. The number of benzene rings is 2. The van der Waals surface area contributed by atoms with Crippen LogP contribution in [0.25, 0.3) is 6.08 Å². The predicted octanol–water partition coefficient (Wildman–Crippen LogP) is 2.57. The zero-order valence-corrected chi connectivity index (χ0v) is 21.6. The van der Waals surface area contributed by atoms with Gasteiger partial charge in [-0.1, -0.05) is 13.0 Å². The van der Waals surface area contributed by atoms with Crippen LogP contribution in [0.4, 0.5) is 11.4 Å². The average Bonchev–Trinajstić information content (AvgIpc) is 3.12. The largest absolute Gasteiger partial charge is 0.394 e. The molecule has 12 nitrogen and oxygen atoms in total. The third-order valence-electron chi connectivity index (χ3n) is 6.33. The molecule has 206 valence electrons. The van der Waals surface area contributed by atoms with Gasteiger partial charge in [0.25, 0.3) is 17.5 Å². The second-order valence-electron chi connectivity index (χ2n) is 9.25. The summed E-state index contributed by atoms with van der Waals surface area (Å²) in [6, 6.07) is 11.0. The number of rotatable bonds is 9. The number of aliphatic imine (C=N–C) groups is 1. The molecule has 12 heteroatoms. The summed E-state index contributed by atoms with van der Waals surface area (Å²) in [4.78, 5) is 48.8. The summed E-state index contributed by atoms with van der Waals surface area (Å²) in [6.45, 7) is 3.20. The first-order valence-corrected chi connectivity index (χ1v) is 12.7. The van der Waals surface area contributed by atoms with Crippen LogP contribution in [-0.2, 0) is 21.0 Å². The number of hydrogen-bond acceptors (Lipinski definition) is 9. The minimum atomic E-state index is -0.478. The molecule has 0 aromatic heterocycles. The Morgan fingerprint density at radius 1 is 1.28 bits per heavy atom. The van der Waals surface area contributed by atoms with Crippen molar-refractivity contribution in [3.8, 4) is 0 Å². The van der Waals surface area contributed by atoms with E-state index in [0.29, 0.717) is 60.6 Å². The number of ether oxygens (including phenoxy) is 1. The number of non-ortho nitro benzene ring substituents is 1. The number of hydrogen-bond donors (Lipinski definition) is 2. The molecule has 4 rings (SSSR count). The highest BCUT2D eigenvalue weighted by molar-refractivity contribution is 6.05. The number of amidine groups is 1. The molecule has 2 aromatic rings. The van der Waals surface area contributed by atoms with Gasteiger partial charge in [0, 0.05) is 54.9 Å². The van der Waals surface area contributed by atoms with Crippen LogP contribution in [0.2, 0.25) is 0 Å². The molecule has 0 aliphatic carbocycles. The number of aliphatic hydroxyl groups is 1. The highest BCUT2D eigenvalue weighted by Crippen LogP contribution is 2.29. The van der Waals surface area contributed by atoms with E-state index >= 15 is 0 Å². The summed E-state index contributed by atoms with van der Waals surface area (Å²) in [5.74, 6) is -0.351. The van der Waals surface area contributed by atoms with Gasteiger partial charge in [0.05, 0.1) is 29.9 Å². The Hall–Kier alpha value is -4.13. The molecule has 2 aliphatic heterocycles. The third kappa shape index (κ3) is 6.85. The van der Waals surface area contributed by atoms with Crippen molar-refractivity contribution in [2.24, 2.45) is 10.7 Å². The average molecular weight is 538 g/mol. The molecule has 3 N–H and O–H groups in total. The van der Waals surface area contributed by atoms with Crippen LogP contribution in [0.3, 0.4) is 0 Å². The number of aliphatic hydroxyl groups excluding tert-OH is 1. The summed E-state index contributed by atoms with van der Waals surface area (Å²) in [6.07, 6.45) is 2.02. The lowest BCUT2D eigenvalue weighted by Crippen LogP contribution is -2.46. The van der Waals surface area contributed by atoms with Gasteiger partial charge in [-0.15, -0.1) is 0 Å². The first kappa shape index (κ1) is 27.9. The molecule has 0 spiro atoms. The highest BCUT2D eigenvalue weighted by Gasteiger charge is 2.26. The van der Waals surface area contributed by atoms with Crippen molar-refractivity contribution >= 4 is 35.1 Å². The molecule has 2 aliphatic rings. The summed E-state index contributed by atoms with van der Waals surface area (Å²) in [7, 11) is 0. The minimum absolute atomic E-state index is 0.0264. The van der Waals surface area contributed by atoms with Crippen molar-refractivity contribution in [1.82, 2.24) is 9.96 Å². The maximum Gasteiger partial charge on any atom is 0.273 e. The quantitative estimate of drug-likeness (QED) is 0.364. The van der Waals surface area contributed by atoms with Crippen molar-refractivity contribution in [1.29, 1.82) is 0 Å². The highest BCUT2D eigenvalue weighted by atomic mass is 16.7. The predicted molar refractivity (Wildman–Crippen MR) is 143 cm³/mol. The third-order valence-corrected chi connectivity index (χ3v) is 6.33. The maximum atomic E-state index is 13.4. The Morgan fingerprint density at radius 3 is 2.74 bits per heavy atom. The van der Waals surface area contributed by atoms with Crippen LogP contribution < -0.4 is 5.73 Å². The lowest BCUT2D eigenvalue weighted by molar-refractivity contribution is -0.384. The van der Waals surface area contributed by atoms with Gasteiger partial charge in [0.1, 0.15) is 12.4 Å². The smallest absolute Gasteiger partial charge is 0.273 e. The second-order valence-corrected chi connectivity index (χ2v) is 9.25. The Balaban J connectivity index is 1.51. The molecule has 0 saturated carbocycles. The molecule has 1 fully saturated rings. The number of fused-ring (bicyclic) bond motifs is 1. The molecule has 1 saturated heterocycles.